The molecule has 4 nitrogen and oxygen atoms in total. The van der Waals surface area contributed by atoms with Gasteiger partial charge in [-0.1, -0.05) is 25.0 Å². The van der Waals surface area contributed by atoms with Crippen molar-refractivity contribution in [3.05, 3.63) is 12.2 Å². The third kappa shape index (κ3) is 4.23. The van der Waals surface area contributed by atoms with Crippen molar-refractivity contribution >= 4 is 5.96 Å². The molecule has 0 unspecified atom stereocenters. The number of hydrogen-bond acceptors (Lipinski definition) is 2. The van der Waals surface area contributed by atoms with Crippen LogP contribution in [0.4, 0.5) is 0 Å². The Hall–Kier alpha value is -1.03. The third-order valence-electron chi connectivity index (χ3n) is 4.70. The van der Waals surface area contributed by atoms with Gasteiger partial charge in [0.1, 0.15) is 0 Å². The van der Waals surface area contributed by atoms with Gasteiger partial charge in [0.2, 0.25) is 0 Å². The van der Waals surface area contributed by atoms with Crippen LogP contribution in [0.15, 0.2) is 17.1 Å². The van der Waals surface area contributed by atoms with Gasteiger partial charge < -0.3 is 15.4 Å². The maximum absolute atomic E-state index is 5.29. The third-order valence-corrected chi connectivity index (χ3v) is 4.70. The van der Waals surface area contributed by atoms with Crippen molar-refractivity contribution in [1.82, 2.24) is 10.6 Å². The first kappa shape index (κ1) is 15.4. The molecular weight excluding hydrogens is 250 g/mol. The Kier molecular flexibility index (Phi) is 5.89. The minimum atomic E-state index is 0.404. The fraction of sp³-hybridized carbons (Fsp3) is 0.812. The van der Waals surface area contributed by atoms with E-state index in [0.29, 0.717) is 11.5 Å². The van der Waals surface area contributed by atoms with E-state index in [1.54, 1.807) is 7.11 Å². The second-order valence-corrected chi connectivity index (χ2v) is 6.16. The summed E-state index contributed by atoms with van der Waals surface area (Å²) in [5, 5.41) is 7.05. The van der Waals surface area contributed by atoms with Crippen LogP contribution in [0.2, 0.25) is 0 Å². The highest BCUT2D eigenvalue weighted by Crippen LogP contribution is 2.40. The highest BCUT2D eigenvalue weighted by Gasteiger charge is 2.33. The van der Waals surface area contributed by atoms with Crippen molar-refractivity contribution in [2.45, 2.75) is 51.0 Å². The van der Waals surface area contributed by atoms with Crippen LogP contribution in [0, 0.1) is 5.41 Å². The smallest absolute Gasteiger partial charge is 0.191 e. The van der Waals surface area contributed by atoms with Gasteiger partial charge in [0, 0.05) is 33.4 Å². The molecule has 0 heterocycles. The van der Waals surface area contributed by atoms with Crippen molar-refractivity contribution in [2.24, 2.45) is 10.4 Å². The lowest BCUT2D eigenvalue weighted by Gasteiger charge is -2.30. The van der Waals surface area contributed by atoms with Crippen molar-refractivity contribution < 1.29 is 4.74 Å². The van der Waals surface area contributed by atoms with E-state index in [-0.39, 0.29) is 0 Å². The molecule has 2 rings (SSSR count). The number of hydrogen-bond donors (Lipinski definition) is 2. The molecule has 4 heteroatoms. The molecule has 0 saturated heterocycles. The van der Waals surface area contributed by atoms with Gasteiger partial charge in [-0.15, -0.1) is 0 Å². The van der Waals surface area contributed by atoms with Gasteiger partial charge in [0.15, 0.2) is 5.96 Å². The monoisotopic (exact) mass is 279 g/mol. The van der Waals surface area contributed by atoms with Crippen LogP contribution >= 0.6 is 0 Å². The van der Waals surface area contributed by atoms with Crippen LogP contribution in [-0.4, -0.2) is 39.3 Å². The van der Waals surface area contributed by atoms with Crippen LogP contribution in [0.1, 0.15) is 44.9 Å². The maximum Gasteiger partial charge on any atom is 0.191 e. The van der Waals surface area contributed by atoms with Crippen molar-refractivity contribution in [1.29, 1.82) is 0 Å². The Balaban J connectivity index is 1.80. The largest absolute Gasteiger partial charge is 0.385 e. The molecule has 0 radical (unpaired) electrons. The highest BCUT2D eigenvalue weighted by molar-refractivity contribution is 5.80. The summed E-state index contributed by atoms with van der Waals surface area (Å²) >= 11 is 0. The fourth-order valence-corrected chi connectivity index (χ4v) is 3.35. The van der Waals surface area contributed by atoms with Gasteiger partial charge in [0.05, 0.1) is 0 Å². The molecule has 0 amide bonds. The molecule has 0 aromatic heterocycles. The van der Waals surface area contributed by atoms with Gasteiger partial charge in [-0.05, 0) is 37.5 Å². The summed E-state index contributed by atoms with van der Waals surface area (Å²) in [6.45, 7) is 1.87. The number of nitrogens with zero attached hydrogens (tertiary/aromatic N) is 1. The van der Waals surface area contributed by atoms with Gasteiger partial charge in [-0.3, -0.25) is 4.99 Å². The summed E-state index contributed by atoms with van der Waals surface area (Å²) in [6.07, 6.45) is 13.2. The van der Waals surface area contributed by atoms with Gasteiger partial charge in [0.25, 0.3) is 0 Å². The van der Waals surface area contributed by atoms with Gasteiger partial charge in [-0.25, -0.2) is 0 Å². The number of methoxy groups -OCH3 is 1. The van der Waals surface area contributed by atoms with Crippen molar-refractivity contribution in [2.75, 3.05) is 27.3 Å². The molecule has 0 aliphatic heterocycles. The Bertz CT molecular complexity index is 338. The Morgan fingerprint density at radius 3 is 2.60 bits per heavy atom. The lowest BCUT2D eigenvalue weighted by molar-refractivity contribution is 0.138. The molecule has 1 saturated carbocycles. The van der Waals surface area contributed by atoms with Crippen LogP contribution in [0.3, 0.4) is 0 Å². The second kappa shape index (κ2) is 7.67. The van der Waals surface area contributed by atoms with E-state index in [0.717, 1.165) is 38.4 Å². The van der Waals surface area contributed by atoms with E-state index in [1.165, 1.54) is 25.7 Å². The molecule has 0 aromatic rings. The summed E-state index contributed by atoms with van der Waals surface area (Å²) in [5.74, 6) is 0.947. The number of guanidine groups is 1. The van der Waals surface area contributed by atoms with E-state index in [2.05, 4.69) is 27.8 Å². The number of nitrogens with one attached hydrogen (secondary N) is 2. The Morgan fingerprint density at radius 2 is 2.00 bits per heavy atom. The van der Waals surface area contributed by atoms with Gasteiger partial charge >= 0.3 is 0 Å². The quantitative estimate of drug-likeness (QED) is 0.446. The molecule has 114 valence electrons. The summed E-state index contributed by atoms with van der Waals surface area (Å²) in [5.41, 5.74) is 0.404. The van der Waals surface area contributed by atoms with Gasteiger partial charge in [-0.2, -0.15) is 0 Å². The minimum absolute atomic E-state index is 0.404. The molecule has 2 aliphatic rings. The van der Waals surface area contributed by atoms with Crippen LogP contribution in [0.25, 0.3) is 0 Å². The molecule has 0 atom stereocenters. The van der Waals surface area contributed by atoms with E-state index in [1.807, 2.05) is 7.05 Å². The van der Waals surface area contributed by atoms with Crippen molar-refractivity contribution in [3.63, 3.8) is 0 Å². The van der Waals surface area contributed by atoms with Crippen LogP contribution < -0.4 is 10.6 Å². The first-order valence-electron chi connectivity index (χ1n) is 7.89. The lowest BCUT2D eigenvalue weighted by Crippen LogP contribution is -2.46. The maximum atomic E-state index is 5.29. The standard InChI is InChI=1S/C16H29N3O/c1-17-15(19-14-7-3-4-8-14)18-13-16(11-12-20-2)9-5-6-10-16/h3-4,14H,5-13H2,1-2H3,(H2,17,18,19). The molecule has 2 aliphatic carbocycles. The van der Waals surface area contributed by atoms with E-state index in [4.69, 9.17) is 4.74 Å². The lowest BCUT2D eigenvalue weighted by atomic mass is 9.83. The highest BCUT2D eigenvalue weighted by atomic mass is 16.5. The molecule has 0 bridgehead atoms. The predicted octanol–water partition coefficient (Wildman–Crippen LogP) is 2.47. The van der Waals surface area contributed by atoms with E-state index in [9.17, 15) is 0 Å². The first-order valence-corrected chi connectivity index (χ1v) is 7.89. The first-order chi connectivity index (χ1) is 9.78. The molecule has 2 N–H and O–H groups in total. The molecule has 1 fully saturated rings. The molecule has 0 aromatic carbocycles. The zero-order chi connectivity index (χ0) is 14.3. The predicted molar refractivity (Wildman–Crippen MR) is 84.1 cm³/mol. The Labute approximate surface area is 123 Å². The Morgan fingerprint density at radius 1 is 1.30 bits per heavy atom. The fourth-order valence-electron chi connectivity index (χ4n) is 3.35. The van der Waals surface area contributed by atoms with E-state index >= 15 is 0 Å². The number of ether oxygens (including phenoxy) is 1. The van der Waals surface area contributed by atoms with Crippen LogP contribution in [0.5, 0.6) is 0 Å². The average molecular weight is 279 g/mol. The van der Waals surface area contributed by atoms with Crippen LogP contribution in [-0.2, 0) is 4.74 Å². The summed E-state index contributed by atoms with van der Waals surface area (Å²) in [4.78, 5) is 4.36. The molecule has 20 heavy (non-hydrogen) atoms. The summed E-state index contributed by atoms with van der Waals surface area (Å²) in [7, 11) is 3.65. The zero-order valence-electron chi connectivity index (χ0n) is 13.0. The second-order valence-electron chi connectivity index (χ2n) is 6.16. The minimum Gasteiger partial charge on any atom is -0.385 e. The summed E-state index contributed by atoms with van der Waals surface area (Å²) < 4.78 is 5.29. The van der Waals surface area contributed by atoms with E-state index < -0.39 is 0 Å². The topological polar surface area (TPSA) is 45.7 Å². The molecule has 0 spiro atoms. The molecular formula is C16H29N3O. The zero-order valence-corrected chi connectivity index (χ0v) is 13.0. The SMILES string of the molecule is CN=C(NCC1(CCOC)CCCC1)NC1CC=CC1. The number of rotatable bonds is 6. The normalized spacial score (nSPS) is 22.4. The van der Waals surface area contributed by atoms with Crippen molar-refractivity contribution in [3.8, 4) is 0 Å². The number of aliphatic imine (C=N–C) groups is 1. The average Bonchev–Trinajstić information content (AvgIpc) is 3.13. The summed E-state index contributed by atoms with van der Waals surface area (Å²) in [6, 6.07) is 0.514.